The smallest absolute Gasteiger partial charge is 0.416 e. The number of hydrogen-bond acceptors (Lipinski definition) is 6. The zero-order valence-corrected chi connectivity index (χ0v) is 24.0. The summed E-state index contributed by atoms with van der Waals surface area (Å²) in [4.78, 5) is 17.5. The van der Waals surface area contributed by atoms with E-state index < -0.39 is 17.8 Å². The second kappa shape index (κ2) is 13.5. The molecular formula is C27H28Cl2F3N7O3. The first kappa shape index (κ1) is 31.2. The summed E-state index contributed by atoms with van der Waals surface area (Å²) >= 11 is 12.3. The van der Waals surface area contributed by atoms with Crippen LogP contribution in [0.25, 0.3) is 0 Å². The van der Waals surface area contributed by atoms with Gasteiger partial charge < -0.3 is 20.1 Å². The molecule has 1 unspecified atom stereocenters. The van der Waals surface area contributed by atoms with Crippen LogP contribution in [0.15, 0.2) is 46.5 Å². The SMILES string of the molecule is CN1CCC(Oc2ccc(C(F)(F)F)cc2N=C(NC#N)N2CC(CCNC(=O)O)C(c3ccc(Cl)c(Cl)c3)=N2)CC1. The van der Waals surface area contributed by atoms with Crippen molar-refractivity contribution in [3.8, 4) is 11.9 Å². The molecule has 0 bridgehead atoms. The first-order valence-corrected chi connectivity index (χ1v) is 13.8. The van der Waals surface area contributed by atoms with Gasteiger partial charge in [-0.05, 0) is 62.2 Å². The highest BCUT2D eigenvalue weighted by Gasteiger charge is 2.33. The number of nitrogens with zero attached hydrogens (tertiary/aromatic N) is 5. The zero-order chi connectivity index (χ0) is 30.4. The van der Waals surface area contributed by atoms with Crippen molar-refractivity contribution in [3.05, 3.63) is 57.6 Å². The van der Waals surface area contributed by atoms with Crippen molar-refractivity contribution in [1.82, 2.24) is 20.5 Å². The van der Waals surface area contributed by atoms with Crippen LogP contribution in [0.4, 0.5) is 23.7 Å². The van der Waals surface area contributed by atoms with E-state index in [1.807, 2.05) is 7.05 Å². The van der Waals surface area contributed by atoms with Gasteiger partial charge >= 0.3 is 12.3 Å². The topological polar surface area (TPSA) is 126 Å². The molecule has 0 aromatic heterocycles. The summed E-state index contributed by atoms with van der Waals surface area (Å²) in [7, 11) is 1.98. The lowest BCUT2D eigenvalue weighted by Gasteiger charge is -2.29. The Bertz CT molecular complexity index is 1410. The molecule has 2 aromatic carbocycles. The maximum atomic E-state index is 13.7. The molecule has 0 spiro atoms. The molecule has 3 N–H and O–H groups in total. The Morgan fingerprint density at radius 2 is 1.95 bits per heavy atom. The predicted octanol–water partition coefficient (Wildman–Crippen LogP) is 5.54. The molecule has 1 atom stereocenters. The van der Waals surface area contributed by atoms with Crippen LogP contribution in [-0.2, 0) is 6.18 Å². The van der Waals surface area contributed by atoms with Gasteiger partial charge in [-0.1, -0.05) is 29.3 Å². The molecular weight excluding hydrogens is 598 g/mol. The van der Waals surface area contributed by atoms with E-state index in [1.54, 1.807) is 24.4 Å². The molecule has 0 saturated carbocycles. The minimum atomic E-state index is -4.63. The van der Waals surface area contributed by atoms with E-state index in [2.05, 4.69) is 25.6 Å². The van der Waals surface area contributed by atoms with Crippen molar-refractivity contribution in [3.63, 3.8) is 0 Å². The molecule has 0 aliphatic carbocycles. The van der Waals surface area contributed by atoms with Crippen LogP contribution in [-0.4, -0.2) is 72.1 Å². The Labute approximate surface area is 250 Å². The summed E-state index contributed by atoms with van der Waals surface area (Å²) < 4.78 is 47.1. The average molecular weight is 626 g/mol. The number of likely N-dealkylation sites (tertiary alicyclic amines) is 1. The maximum absolute atomic E-state index is 13.7. The molecule has 224 valence electrons. The number of alkyl halides is 3. The molecule has 15 heteroatoms. The molecule has 2 aromatic rings. The number of hydrogen-bond donors (Lipinski definition) is 3. The van der Waals surface area contributed by atoms with E-state index in [0.717, 1.165) is 25.2 Å². The number of halogens is 5. The summed E-state index contributed by atoms with van der Waals surface area (Å²) in [5.74, 6) is -0.336. The Kier molecular flexibility index (Phi) is 10.0. The normalized spacial score (nSPS) is 18.4. The minimum Gasteiger partial charge on any atom is -0.488 e. The first-order chi connectivity index (χ1) is 19.9. The molecule has 1 fully saturated rings. The van der Waals surface area contributed by atoms with E-state index in [-0.39, 0.29) is 47.5 Å². The summed E-state index contributed by atoms with van der Waals surface area (Å²) in [5, 5.41) is 29.8. The van der Waals surface area contributed by atoms with Crippen LogP contribution in [0.3, 0.4) is 0 Å². The number of aliphatic imine (C=N–C) groups is 1. The lowest BCUT2D eigenvalue weighted by atomic mass is 9.94. The quantitative estimate of drug-likeness (QED) is 0.160. The highest BCUT2D eigenvalue weighted by molar-refractivity contribution is 6.42. The Hall–Kier alpha value is -3.73. The van der Waals surface area contributed by atoms with Gasteiger partial charge in [0, 0.05) is 25.6 Å². The van der Waals surface area contributed by atoms with Gasteiger partial charge in [0.2, 0.25) is 5.96 Å². The predicted molar refractivity (Wildman–Crippen MR) is 152 cm³/mol. The van der Waals surface area contributed by atoms with E-state index >= 15 is 0 Å². The second-order valence-electron chi connectivity index (χ2n) is 9.89. The fourth-order valence-electron chi connectivity index (χ4n) is 4.69. The second-order valence-corrected chi connectivity index (χ2v) is 10.7. The third-order valence-corrected chi connectivity index (χ3v) is 7.62. The number of carboxylic acid groups (broad SMARTS) is 1. The molecule has 1 amide bonds. The van der Waals surface area contributed by atoms with Crippen LogP contribution in [0.1, 0.15) is 30.4 Å². The molecule has 0 radical (unpaired) electrons. The fraction of sp³-hybridized carbons (Fsp3) is 0.407. The highest BCUT2D eigenvalue weighted by Crippen LogP contribution is 2.38. The van der Waals surface area contributed by atoms with Crippen molar-refractivity contribution in [2.24, 2.45) is 16.0 Å². The van der Waals surface area contributed by atoms with Crippen molar-refractivity contribution in [2.75, 3.05) is 33.2 Å². The zero-order valence-electron chi connectivity index (χ0n) is 22.5. The van der Waals surface area contributed by atoms with Crippen molar-refractivity contribution in [1.29, 1.82) is 5.26 Å². The molecule has 2 heterocycles. The van der Waals surface area contributed by atoms with Crippen LogP contribution >= 0.6 is 23.2 Å². The van der Waals surface area contributed by atoms with Gasteiger partial charge in [-0.3, -0.25) is 5.32 Å². The van der Waals surface area contributed by atoms with Crippen LogP contribution in [0, 0.1) is 17.4 Å². The summed E-state index contributed by atoms with van der Waals surface area (Å²) in [6.07, 6.45) is -2.54. The monoisotopic (exact) mass is 625 g/mol. The maximum Gasteiger partial charge on any atom is 0.416 e. The molecule has 2 aliphatic rings. The number of ether oxygens (including phenoxy) is 1. The Morgan fingerprint density at radius 3 is 2.60 bits per heavy atom. The first-order valence-electron chi connectivity index (χ1n) is 13.0. The van der Waals surface area contributed by atoms with Gasteiger partial charge in [-0.15, -0.1) is 0 Å². The number of amides is 1. The lowest BCUT2D eigenvalue weighted by Crippen LogP contribution is -2.36. The number of hydrazone groups is 1. The van der Waals surface area contributed by atoms with Crippen LogP contribution in [0.5, 0.6) is 5.75 Å². The van der Waals surface area contributed by atoms with E-state index in [9.17, 15) is 23.2 Å². The van der Waals surface area contributed by atoms with Crippen LogP contribution < -0.4 is 15.4 Å². The van der Waals surface area contributed by atoms with E-state index in [0.29, 0.717) is 35.6 Å². The fourth-order valence-corrected chi connectivity index (χ4v) is 4.99. The molecule has 10 nitrogen and oxygen atoms in total. The molecule has 42 heavy (non-hydrogen) atoms. The van der Waals surface area contributed by atoms with Gasteiger partial charge in [0.25, 0.3) is 0 Å². The highest BCUT2D eigenvalue weighted by atomic mass is 35.5. The van der Waals surface area contributed by atoms with Gasteiger partial charge in [0.1, 0.15) is 17.5 Å². The van der Waals surface area contributed by atoms with Crippen LogP contribution in [0.2, 0.25) is 10.0 Å². The third-order valence-electron chi connectivity index (χ3n) is 6.88. The van der Waals surface area contributed by atoms with Crippen molar-refractivity contribution in [2.45, 2.75) is 31.5 Å². The lowest BCUT2D eigenvalue weighted by molar-refractivity contribution is -0.137. The molecule has 4 rings (SSSR count). The van der Waals surface area contributed by atoms with Crippen molar-refractivity contribution < 1.29 is 27.8 Å². The summed E-state index contributed by atoms with van der Waals surface area (Å²) in [5.41, 5.74) is 0.0741. The average Bonchev–Trinajstić information content (AvgIpc) is 3.35. The number of carbonyl (C=O) groups is 1. The number of rotatable bonds is 7. The molecule has 2 aliphatic heterocycles. The van der Waals surface area contributed by atoms with E-state index in [4.69, 9.17) is 33.0 Å². The van der Waals surface area contributed by atoms with Gasteiger partial charge in [-0.2, -0.15) is 23.5 Å². The Morgan fingerprint density at radius 1 is 1.21 bits per heavy atom. The molecule has 1 saturated heterocycles. The van der Waals surface area contributed by atoms with Gasteiger partial charge in [-0.25, -0.2) is 14.8 Å². The Balaban J connectivity index is 1.72. The number of nitriles is 1. The van der Waals surface area contributed by atoms with E-state index in [1.165, 1.54) is 11.1 Å². The van der Waals surface area contributed by atoms with Gasteiger partial charge in [0.05, 0.1) is 27.9 Å². The largest absolute Gasteiger partial charge is 0.488 e. The number of nitrogens with one attached hydrogen (secondary N) is 2. The minimum absolute atomic E-state index is 0.106. The standard InChI is InChI=1S/C27H28Cl2F3N7O3/c1-38-10-7-19(8-11-38)42-23-5-3-18(27(30,31)32)13-22(23)36-25(35-15-33)39-14-17(6-9-34-26(40)41)24(37-39)16-2-4-20(28)21(29)12-16/h2-5,12-13,17,19,34H,6-11,14H2,1H3,(H,35,36)(H,40,41). The van der Waals surface area contributed by atoms with Gasteiger partial charge in [0.15, 0.2) is 6.19 Å². The summed E-state index contributed by atoms with van der Waals surface area (Å²) in [6, 6.07) is 7.94. The summed E-state index contributed by atoms with van der Waals surface area (Å²) in [6.45, 7) is 1.82. The van der Waals surface area contributed by atoms with Crippen molar-refractivity contribution >= 4 is 46.7 Å². The third kappa shape index (κ3) is 7.96. The number of piperidine rings is 1. The number of guanidine groups is 1. The number of benzene rings is 2.